The Kier molecular flexibility index (Phi) is 4.92. The van der Waals surface area contributed by atoms with E-state index in [0.717, 1.165) is 32.9 Å². The highest BCUT2D eigenvalue weighted by Gasteiger charge is 2.10. The molecule has 0 spiro atoms. The molecule has 4 rings (SSSR count). The van der Waals surface area contributed by atoms with Crippen LogP contribution in [0.3, 0.4) is 0 Å². The Morgan fingerprint density at radius 1 is 1.07 bits per heavy atom. The van der Waals surface area contributed by atoms with Crippen LogP contribution in [0.15, 0.2) is 53.5 Å². The number of carbonyl (C=O) groups is 1. The molecule has 6 heteroatoms. The molecule has 0 saturated heterocycles. The van der Waals surface area contributed by atoms with Gasteiger partial charge in [-0.25, -0.2) is 0 Å². The Morgan fingerprint density at radius 3 is 2.75 bits per heavy atom. The predicted octanol–water partition coefficient (Wildman–Crippen LogP) is 3.87. The van der Waals surface area contributed by atoms with E-state index < -0.39 is 0 Å². The minimum atomic E-state index is -0.114. The highest BCUT2D eigenvalue weighted by Crippen LogP contribution is 2.22. The van der Waals surface area contributed by atoms with Gasteiger partial charge in [-0.2, -0.15) is 0 Å². The Balaban J connectivity index is 1.41. The van der Waals surface area contributed by atoms with Crippen LogP contribution in [0, 0.1) is 6.92 Å². The van der Waals surface area contributed by atoms with Gasteiger partial charge in [-0.15, -0.1) is 0 Å². The normalized spacial score (nSPS) is 11.2. The van der Waals surface area contributed by atoms with Crippen molar-refractivity contribution in [2.24, 2.45) is 0 Å². The molecule has 5 nitrogen and oxygen atoms in total. The molecule has 0 unspecified atom stereocenters. The predicted molar refractivity (Wildman–Crippen MR) is 113 cm³/mol. The molecule has 142 valence electrons. The maximum Gasteiger partial charge on any atom is 0.251 e. The van der Waals surface area contributed by atoms with Gasteiger partial charge in [-0.1, -0.05) is 23.2 Å². The van der Waals surface area contributed by atoms with E-state index in [1.807, 2.05) is 55.6 Å². The number of H-pyrrole nitrogens is 2. The average Bonchev–Trinajstić information content (AvgIpc) is 3.04. The number of hydrogen-bond acceptors (Lipinski definition) is 2. The third-order valence-electron chi connectivity index (χ3n) is 4.87. The number of rotatable bonds is 5. The van der Waals surface area contributed by atoms with Gasteiger partial charge in [0.1, 0.15) is 0 Å². The highest BCUT2D eigenvalue weighted by atomic mass is 35.5. The Hall–Kier alpha value is -3.05. The number of hydrogen-bond donors (Lipinski definition) is 3. The zero-order valence-corrected chi connectivity index (χ0v) is 16.2. The highest BCUT2D eigenvalue weighted by molar-refractivity contribution is 6.31. The fourth-order valence-electron chi connectivity index (χ4n) is 3.43. The van der Waals surface area contributed by atoms with E-state index in [1.54, 1.807) is 0 Å². The van der Waals surface area contributed by atoms with Gasteiger partial charge in [0.15, 0.2) is 0 Å². The molecule has 0 atom stereocenters. The lowest BCUT2D eigenvalue weighted by Crippen LogP contribution is -2.28. The summed E-state index contributed by atoms with van der Waals surface area (Å²) in [5.74, 6) is -0.0889. The van der Waals surface area contributed by atoms with Crippen molar-refractivity contribution >= 4 is 39.3 Å². The number of amides is 1. The summed E-state index contributed by atoms with van der Waals surface area (Å²) in [6, 6.07) is 13.4. The van der Waals surface area contributed by atoms with Gasteiger partial charge in [0.05, 0.1) is 6.42 Å². The summed E-state index contributed by atoms with van der Waals surface area (Å²) in [7, 11) is 0. The molecule has 0 bridgehead atoms. The molecule has 0 saturated carbocycles. The lowest BCUT2D eigenvalue weighted by Gasteiger charge is -2.06. The van der Waals surface area contributed by atoms with Gasteiger partial charge < -0.3 is 15.3 Å². The van der Waals surface area contributed by atoms with E-state index in [1.165, 1.54) is 0 Å². The van der Waals surface area contributed by atoms with Gasteiger partial charge in [0.25, 0.3) is 5.56 Å². The summed E-state index contributed by atoms with van der Waals surface area (Å²) in [6.45, 7) is 2.42. The Labute approximate surface area is 166 Å². The van der Waals surface area contributed by atoms with Crippen LogP contribution >= 0.6 is 11.6 Å². The van der Waals surface area contributed by atoms with E-state index in [4.69, 9.17) is 11.6 Å². The second-order valence-corrected chi connectivity index (χ2v) is 7.43. The summed E-state index contributed by atoms with van der Waals surface area (Å²) in [5.41, 5.74) is 4.35. The number of aryl methyl sites for hydroxylation is 1. The molecule has 0 aliphatic rings. The molecular formula is C22H20ClN3O2. The van der Waals surface area contributed by atoms with Crippen LogP contribution in [-0.4, -0.2) is 22.4 Å². The second-order valence-electron chi connectivity index (χ2n) is 6.99. The largest absolute Gasteiger partial charge is 0.361 e. The first kappa shape index (κ1) is 18.3. The van der Waals surface area contributed by atoms with Gasteiger partial charge >= 0.3 is 0 Å². The molecular weight excluding hydrogens is 374 g/mol. The van der Waals surface area contributed by atoms with Crippen LogP contribution in [0.2, 0.25) is 5.02 Å². The van der Waals surface area contributed by atoms with Gasteiger partial charge in [0, 0.05) is 39.7 Å². The van der Waals surface area contributed by atoms with E-state index in [-0.39, 0.29) is 17.9 Å². The number of halogens is 1. The van der Waals surface area contributed by atoms with Crippen molar-refractivity contribution in [3.63, 3.8) is 0 Å². The zero-order valence-electron chi connectivity index (χ0n) is 15.4. The van der Waals surface area contributed by atoms with E-state index >= 15 is 0 Å². The van der Waals surface area contributed by atoms with Crippen LogP contribution in [0.4, 0.5) is 0 Å². The van der Waals surface area contributed by atoms with Crippen molar-refractivity contribution in [1.82, 2.24) is 15.3 Å². The number of carbonyl (C=O) groups excluding carboxylic acids is 1. The SMILES string of the molecule is Cc1ccc2[nH]c(=O)c(CCNC(=O)Cc3c[nH]c4ccc(Cl)cc34)cc2c1. The standard InChI is InChI=1S/C22H20ClN3O2/c1-13-2-4-19-15(8-13)9-14(22(28)26-19)6-7-24-21(27)10-16-12-25-20-5-3-17(23)11-18(16)20/h2-5,8-9,11-12,25H,6-7,10H2,1H3,(H,24,27)(H,26,28). The number of fused-ring (bicyclic) bond motifs is 2. The molecule has 2 aromatic carbocycles. The topological polar surface area (TPSA) is 77.8 Å². The van der Waals surface area contributed by atoms with Gasteiger partial charge in [-0.05, 0) is 60.7 Å². The van der Waals surface area contributed by atoms with E-state index in [2.05, 4.69) is 15.3 Å². The van der Waals surface area contributed by atoms with E-state index in [0.29, 0.717) is 23.6 Å². The van der Waals surface area contributed by atoms with E-state index in [9.17, 15) is 9.59 Å². The smallest absolute Gasteiger partial charge is 0.251 e. The lowest BCUT2D eigenvalue weighted by atomic mass is 10.1. The molecule has 0 fully saturated rings. The van der Waals surface area contributed by atoms with Crippen LogP contribution in [0.5, 0.6) is 0 Å². The molecule has 4 aromatic rings. The number of benzene rings is 2. The maximum absolute atomic E-state index is 12.3. The molecule has 0 aliphatic carbocycles. The van der Waals surface area contributed by atoms with Crippen LogP contribution < -0.4 is 10.9 Å². The summed E-state index contributed by atoms with van der Waals surface area (Å²) in [6.07, 6.45) is 2.56. The van der Waals surface area contributed by atoms with Crippen molar-refractivity contribution in [2.45, 2.75) is 19.8 Å². The summed E-state index contributed by atoms with van der Waals surface area (Å²) >= 11 is 6.05. The fourth-order valence-corrected chi connectivity index (χ4v) is 3.60. The van der Waals surface area contributed by atoms with Crippen molar-refractivity contribution in [3.8, 4) is 0 Å². The first-order valence-corrected chi connectivity index (χ1v) is 9.52. The summed E-state index contributed by atoms with van der Waals surface area (Å²) in [5, 5.41) is 5.48. The van der Waals surface area contributed by atoms with Crippen molar-refractivity contribution in [3.05, 3.63) is 80.7 Å². The minimum absolute atomic E-state index is 0.0889. The van der Waals surface area contributed by atoms with Crippen molar-refractivity contribution in [1.29, 1.82) is 0 Å². The molecule has 0 aliphatic heterocycles. The average molecular weight is 394 g/mol. The van der Waals surface area contributed by atoms with Crippen LogP contribution in [-0.2, 0) is 17.6 Å². The Bertz CT molecular complexity index is 1240. The third kappa shape index (κ3) is 3.80. The molecule has 28 heavy (non-hydrogen) atoms. The molecule has 0 radical (unpaired) electrons. The zero-order chi connectivity index (χ0) is 19.7. The molecule has 2 aromatic heterocycles. The minimum Gasteiger partial charge on any atom is -0.361 e. The molecule has 2 heterocycles. The van der Waals surface area contributed by atoms with Crippen LogP contribution in [0.25, 0.3) is 21.8 Å². The number of aromatic nitrogens is 2. The lowest BCUT2D eigenvalue weighted by molar-refractivity contribution is -0.120. The monoisotopic (exact) mass is 393 g/mol. The summed E-state index contributed by atoms with van der Waals surface area (Å²) in [4.78, 5) is 30.6. The maximum atomic E-state index is 12.3. The van der Waals surface area contributed by atoms with Gasteiger partial charge in [-0.3, -0.25) is 9.59 Å². The quantitative estimate of drug-likeness (QED) is 0.481. The summed E-state index contributed by atoms with van der Waals surface area (Å²) < 4.78 is 0. The molecule has 1 amide bonds. The third-order valence-corrected chi connectivity index (χ3v) is 5.11. The van der Waals surface area contributed by atoms with Crippen molar-refractivity contribution in [2.75, 3.05) is 6.54 Å². The van der Waals surface area contributed by atoms with Crippen LogP contribution in [0.1, 0.15) is 16.7 Å². The van der Waals surface area contributed by atoms with Crippen molar-refractivity contribution < 1.29 is 4.79 Å². The van der Waals surface area contributed by atoms with Gasteiger partial charge in [0.2, 0.25) is 5.91 Å². The number of nitrogens with one attached hydrogen (secondary N) is 3. The molecule has 3 N–H and O–H groups in total. The second kappa shape index (κ2) is 7.52. The fraction of sp³-hybridized carbons (Fsp3) is 0.182. The number of pyridine rings is 1. The Morgan fingerprint density at radius 2 is 1.89 bits per heavy atom. The first-order chi connectivity index (χ1) is 13.5. The number of aromatic amines is 2. The first-order valence-electron chi connectivity index (χ1n) is 9.14.